The molecule has 0 bridgehead atoms. The summed E-state index contributed by atoms with van der Waals surface area (Å²) in [6, 6.07) is 9.37. The summed E-state index contributed by atoms with van der Waals surface area (Å²) >= 11 is 0. The van der Waals surface area contributed by atoms with Crippen LogP contribution in [0.15, 0.2) is 30.3 Å². The number of hydrogen-bond acceptors (Lipinski definition) is 6. The fourth-order valence-corrected chi connectivity index (χ4v) is 2.57. The molecule has 2 atom stereocenters. The zero-order valence-corrected chi connectivity index (χ0v) is 14.6. The van der Waals surface area contributed by atoms with Gasteiger partial charge in [0.1, 0.15) is 6.61 Å². The Hall–Kier alpha value is -1.92. The van der Waals surface area contributed by atoms with Crippen molar-refractivity contribution in [2.75, 3.05) is 26.4 Å². The van der Waals surface area contributed by atoms with E-state index in [9.17, 15) is 14.7 Å². The number of carbonyl (C=O) groups excluding carboxylic acids is 2. The summed E-state index contributed by atoms with van der Waals surface area (Å²) in [5.74, 6) is -0.729. The van der Waals surface area contributed by atoms with E-state index >= 15 is 0 Å². The van der Waals surface area contributed by atoms with E-state index in [1.165, 1.54) is 6.92 Å². The average Bonchev–Trinajstić information content (AvgIpc) is 2.57. The second-order valence-corrected chi connectivity index (χ2v) is 5.53. The van der Waals surface area contributed by atoms with Crippen LogP contribution in [0, 0.1) is 0 Å². The lowest BCUT2D eigenvalue weighted by Gasteiger charge is -2.35. The van der Waals surface area contributed by atoms with Crippen molar-refractivity contribution in [3.63, 3.8) is 0 Å². The van der Waals surface area contributed by atoms with E-state index in [-0.39, 0.29) is 43.8 Å². The van der Waals surface area contributed by atoms with Gasteiger partial charge in [-0.25, -0.2) is 0 Å². The SMILES string of the molecule is CCOC(=O)CN(C(CCO)COC(C)=O)C(C)c1ccccc1. The van der Waals surface area contributed by atoms with Gasteiger partial charge in [-0.15, -0.1) is 0 Å². The van der Waals surface area contributed by atoms with Crippen LogP contribution in [0.3, 0.4) is 0 Å². The molecule has 6 heteroatoms. The quantitative estimate of drug-likeness (QED) is 0.658. The molecule has 0 fully saturated rings. The Kier molecular flexibility index (Phi) is 9.04. The molecule has 0 aliphatic carbocycles. The van der Waals surface area contributed by atoms with Crippen molar-refractivity contribution in [1.82, 2.24) is 4.90 Å². The van der Waals surface area contributed by atoms with Crippen molar-refractivity contribution >= 4 is 11.9 Å². The predicted octanol–water partition coefficient (Wildman–Crippen LogP) is 1.93. The summed E-state index contributed by atoms with van der Waals surface area (Å²) < 4.78 is 10.2. The molecule has 2 unspecified atom stereocenters. The van der Waals surface area contributed by atoms with Gasteiger partial charge in [0.25, 0.3) is 0 Å². The number of nitrogens with zero attached hydrogens (tertiary/aromatic N) is 1. The van der Waals surface area contributed by atoms with Crippen molar-refractivity contribution in [1.29, 1.82) is 0 Å². The number of rotatable bonds is 10. The molecule has 0 aromatic heterocycles. The molecule has 134 valence electrons. The number of hydrogen-bond donors (Lipinski definition) is 1. The summed E-state index contributed by atoms with van der Waals surface area (Å²) in [4.78, 5) is 25.1. The highest BCUT2D eigenvalue weighted by molar-refractivity contribution is 5.71. The van der Waals surface area contributed by atoms with Crippen LogP contribution in [0.4, 0.5) is 0 Å². The van der Waals surface area contributed by atoms with Gasteiger partial charge in [0.15, 0.2) is 0 Å². The number of esters is 2. The summed E-state index contributed by atoms with van der Waals surface area (Å²) in [6.45, 7) is 5.50. The van der Waals surface area contributed by atoms with Crippen molar-refractivity contribution < 1.29 is 24.2 Å². The molecule has 1 aromatic carbocycles. The maximum Gasteiger partial charge on any atom is 0.320 e. The third-order valence-electron chi connectivity index (χ3n) is 3.81. The van der Waals surface area contributed by atoms with Gasteiger partial charge in [-0.05, 0) is 25.8 Å². The molecule has 0 spiro atoms. The largest absolute Gasteiger partial charge is 0.465 e. The van der Waals surface area contributed by atoms with E-state index in [1.807, 2.05) is 42.2 Å². The van der Waals surface area contributed by atoms with Gasteiger partial charge in [0.2, 0.25) is 0 Å². The highest BCUT2D eigenvalue weighted by Crippen LogP contribution is 2.24. The van der Waals surface area contributed by atoms with Gasteiger partial charge >= 0.3 is 11.9 Å². The molecule has 0 heterocycles. The summed E-state index contributed by atoms with van der Waals surface area (Å²) in [5.41, 5.74) is 1.03. The van der Waals surface area contributed by atoms with Crippen LogP contribution in [-0.2, 0) is 19.1 Å². The molecular formula is C18H27NO5. The Labute approximate surface area is 143 Å². The van der Waals surface area contributed by atoms with E-state index in [0.29, 0.717) is 13.0 Å². The molecule has 0 saturated heterocycles. The molecule has 0 aliphatic rings. The number of ether oxygens (including phenoxy) is 2. The van der Waals surface area contributed by atoms with Gasteiger partial charge in [-0.1, -0.05) is 30.3 Å². The number of benzene rings is 1. The smallest absolute Gasteiger partial charge is 0.320 e. The minimum atomic E-state index is -0.388. The Morgan fingerprint density at radius 1 is 1.21 bits per heavy atom. The van der Waals surface area contributed by atoms with Crippen molar-refractivity contribution in [3.05, 3.63) is 35.9 Å². The topological polar surface area (TPSA) is 76.1 Å². The number of aliphatic hydroxyl groups excluding tert-OH is 1. The molecule has 0 amide bonds. The summed E-state index contributed by atoms with van der Waals surface area (Å²) in [5, 5.41) is 9.36. The Balaban J connectivity index is 2.99. The first-order valence-corrected chi connectivity index (χ1v) is 8.20. The average molecular weight is 337 g/mol. The molecule has 24 heavy (non-hydrogen) atoms. The molecule has 6 nitrogen and oxygen atoms in total. The van der Waals surface area contributed by atoms with E-state index in [4.69, 9.17) is 9.47 Å². The van der Waals surface area contributed by atoms with Gasteiger partial charge in [-0.3, -0.25) is 14.5 Å². The van der Waals surface area contributed by atoms with Crippen molar-refractivity contribution in [2.45, 2.75) is 39.3 Å². The lowest BCUT2D eigenvalue weighted by molar-refractivity contribution is -0.148. The van der Waals surface area contributed by atoms with Crippen LogP contribution in [0.5, 0.6) is 0 Å². The van der Waals surface area contributed by atoms with Crippen LogP contribution in [0.25, 0.3) is 0 Å². The molecule has 0 radical (unpaired) electrons. The minimum Gasteiger partial charge on any atom is -0.465 e. The van der Waals surface area contributed by atoms with E-state index in [2.05, 4.69) is 0 Å². The monoisotopic (exact) mass is 337 g/mol. The second kappa shape index (κ2) is 10.8. The van der Waals surface area contributed by atoms with Crippen LogP contribution < -0.4 is 0 Å². The van der Waals surface area contributed by atoms with Gasteiger partial charge in [0.05, 0.1) is 13.2 Å². The normalized spacial score (nSPS) is 13.4. The molecule has 1 N–H and O–H groups in total. The number of aliphatic hydroxyl groups is 1. The standard InChI is InChI=1S/C18H27NO5/c1-4-23-18(22)12-19(14(2)16-8-6-5-7-9-16)17(10-11-20)13-24-15(3)21/h5-9,14,17,20H,4,10-13H2,1-3H3. The van der Waals surface area contributed by atoms with Crippen LogP contribution in [0.2, 0.25) is 0 Å². The second-order valence-electron chi connectivity index (χ2n) is 5.53. The Morgan fingerprint density at radius 2 is 1.88 bits per heavy atom. The fraction of sp³-hybridized carbons (Fsp3) is 0.556. The lowest BCUT2D eigenvalue weighted by Crippen LogP contribution is -2.44. The Morgan fingerprint density at radius 3 is 2.42 bits per heavy atom. The molecule has 1 rings (SSSR count). The molecule has 0 saturated carbocycles. The zero-order chi connectivity index (χ0) is 17.9. The summed E-state index contributed by atoms with van der Waals surface area (Å²) in [7, 11) is 0. The minimum absolute atomic E-state index is 0.0627. The van der Waals surface area contributed by atoms with Gasteiger partial charge < -0.3 is 14.6 Å². The van der Waals surface area contributed by atoms with E-state index < -0.39 is 0 Å². The highest BCUT2D eigenvalue weighted by atomic mass is 16.5. The fourth-order valence-electron chi connectivity index (χ4n) is 2.57. The van der Waals surface area contributed by atoms with Crippen LogP contribution in [-0.4, -0.2) is 54.4 Å². The first-order chi connectivity index (χ1) is 11.5. The van der Waals surface area contributed by atoms with Gasteiger partial charge in [0, 0.05) is 25.6 Å². The number of carbonyl (C=O) groups is 2. The van der Waals surface area contributed by atoms with Crippen LogP contribution in [0.1, 0.15) is 38.8 Å². The van der Waals surface area contributed by atoms with Crippen molar-refractivity contribution in [2.24, 2.45) is 0 Å². The molecule has 1 aromatic rings. The van der Waals surface area contributed by atoms with Crippen LogP contribution >= 0.6 is 0 Å². The van der Waals surface area contributed by atoms with E-state index in [0.717, 1.165) is 5.56 Å². The lowest BCUT2D eigenvalue weighted by atomic mass is 10.0. The maximum absolute atomic E-state index is 12.0. The van der Waals surface area contributed by atoms with Gasteiger partial charge in [-0.2, -0.15) is 0 Å². The van der Waals surface area contributed by atoms with Crippen molar-refractivity contribution in [3.8, 4) is 0 Å². The predicted molar refractivity (Wildman–Crippen MR) is 90.3 cm³/mol. The third kappa shape index (κ3) is 6.68. The third-order valence-corrected chi connectivity index (χ3v) is 3.81. The maximum atomic E-state index is 12.0. The first kappa shape index (κ1) is 20.1. The first-order valence-electron chi connectivity index (χ1n) is 8.20. The zero-order valence-electron chi connectivity index (χ0n) is 14.6. The summed E-state index contributed by atoms with van der Waals surface area (Å²) in [6.07, 6.45) is 0.393. The highest BCUT2D eigenvalue weighted by Gasteiger charge is 2.27. The molecular weight excluding hydrogens is 310 g/mol. The molecule has 0 aliphatic heterocycles. The Bertz CT molecular complexity index is 505. The van der Waals surface area contributed by atoms with E-state index in [1.54, 1.807) is 6.92 Å².